The van der Waals surface area contributed by atoms with Crippen molar-refractivity contribution in [3.05, 3.63) is 30.3 Å². The number of benzene rings is 1. The van der Waals surface area contributed by atoms with Crippen LogP contribution < -0.4 is 5.32 Å². The molecule has 6 heteroatoms. The van der Waals surface area contributed by atoms with Crippen molar-refractivity contribution in [1.82, 2.24) is 5.32 Å². The van der Waals surface area contributed by atoms with Gasteiger partial charge in [-0.05, 0) is 31.4 Å². The van der Waals surface area contributed by atoms with Crippen molar-refractivity contribution < 1.29 is 18.9 Å². The summed E-state index contributed by atoms with van der Waals surface area (Å²) in [5, 5.41) is 11.6. The van der Waals surface area contributed by atoms with Crippen molar-refractivity contribution >= 4 is 22.7 Å². The van der Waals surface area contributed by atoms with E-state index in [0.29, 0.717) is 4.90 Å². The minimum absolute atomic E-state index is 0.0310. The highest BCUT2D eigenvalue weighted by Crippen LogP contribution is 2.29. The number of hydrogen-bond acceptors (Lipinski definition) is 3. The lowest BCUT2D eigenvalue weighted by Gasteiger charge is -2.14. The topological polar surface area (TPSA) is 83.5 Å². The van der Waals surface area contributed by atoms with E-state index in [1.165, 1.54) is 0 Å². The maximum Gasteiger partial charge on any atom is 0.326 e. The fourth-order valence-corrected chi connectivity index (χ4v) is 2.95. The van der Waals surface area contributed by atoms with Crippen LogP contribution in [0.25, 0.3) is 0 Å². The molecule has 2 rings (SSSR count). The second kappa shape index (κ2) is 6.65. The number of rotatable bonds is 7. The highest BCUT2D eigenvalue weighted by atomic mass is 32.2. The highest BCUT2D eigenvalue weighted by Gasteiger charge is 2.32. The van der Waals surface area contributed by atoms with Crippen molar-refractivity contribution in [3.63, 3.8) is 0 Å². The third-order valence-electron chi connectivity index (χ3n) is 3.16. The fourth-order valence-electron chi connectivity index (χ4n) is 1.81. The highest BCUT2D eigenvalue weighted by molar-refractivity contribution is 7.85. The quantitative estimate of drug-likeness (QED) is 0.791. The van der Waals surface area contributed by atoms with Gasteiger partial charge in [0, 0.05) is 16.6 Å². The minimum Gasteiger partial charge on any atom is -0.480 e. The number of aliphatic carboxylic acids is 1. The van der Waals surface area contributed by atoms with Gasteiger partial charge in [-0.25, -0.2) is 4.79 Å². The summed E-state index contributed by atoms with van der Waals surface area (Å²) in [6.07, 6.45) is 1.82. The van der Waals surface area contributed by atoms with Gasteiger partial charge >= 0.3 is 5.97 Å². The van der Waals surface area contributed by atoms with Crippen molar-refractivity contribution in [2.45, 2.75) is 30.2 Å². The summed E-state index contributed by atoms with van der Waals surface area (Å²) in [6, 6.07) is 7.93. The van der Waals surface area contributed by atoms with Crippen molar-refractivity contribution in [2.24, 2.45) is 5.92 Å². The van der Waals surface area contributed by atoms with E-state index in [0.717, 1.165) is 12.8 Å². The van der Waals surface area contributed by atoms with Crippen LogP contribution >= 0.6 is 0 Å². The second-order valence-electron chi connectivity index (χ2n) is 4.83. The Kier molecular flexibility index (Phi) is 4.89. The van der Waals surface area contributed by atoms with Crippen LogP contribution in [0, 0.1) is 5.92 Å². The SMILES string of the molecule is O=C(N[C@@H](CC[S@](=O)c1ccccc1)C(=O)O)C1CC1. The summed E-state index contributed by atoms with van der Waals surface area (Å²) < 4.78 is 12.0. The van der Waals surface area contributed by atoms with Crippen LogP contribution in [0.1, 0.15) is 19.3 Å². The fraction of sp³-hybridized carbons (Fsp3) is 0.429. The molecule has 1 amide bonds. The van der Waals surface area contributed by atoms with Gasteiger partial charge < -0.3 is 10.4 Å². The standard InChI is InChI=1S/C14H17NO4S/c16-13(10-6-7-10)15-12(14(17)18)8-9-20(19)11-4-2-1-3-5-11/h1-5,10,12H,6-9H2,(H,15,16)(H,17,18)/t12-,20-/m0/s1. The van der Waals surface area contributed by atoms with Gasteiger partial charge in [0.25, 0.3) is 0 Å². The Balaban J connectivity index is 1.87. The maximum atomic E-state index is 12.0. The molecule has 1 aliphatic rings. The van der Waals surface area contributed by atoms with Crippen LogP contribution in [0.3, 0.4) is 0 Å². The summed E-state index contributed by atoms with van der Waals surface area (Å²) in [6.45, 7) is 0. The summed E-state index contributed by atoms with van der Waals surface area (Å²) in [5.74, 6) is -1.10. The Hall–Kier alpha value is -1.69. The van der Waals surface area contributed by atoms with E-state index in [4.69, 9.17) is 5.11 Å². The van der Waals surface area contributed by atoms with Gasteiger partial charge in [-0.2, -0.15) is 0 Å². The van der Waals surface area contributed by atoms with Crippen molar-refractivity contribution in [1.29, 1.82) is 0 Å². The number of hydrogen-bond donors (Lipinski definition) is 2. The van der Waals surface area contributed by atoms with Gasteiger partial charge in [0.05, 0.1) is 10.8 Å². The molecule has 0 heterocycles. The number of nitrogens with one attached hydrogen (secondary N) is 1. The molecule has 2 atom stereocenters. The normalized spacial score (nSPS) is 17.2. The number of carboxylic acid groups (broad SMARTS) is 1. The summed E-state index contributed by atoms with van der Waals surface area (Å²) in [7, 11) is -1.25. The second-order valence-corrected chi connectivity index (χ2v) is 6.40. The molecule has 0 aliphatic heterocycles. The van der Waals surface area contributed by atoms with Gasteiger partial charge in [-0.1, -0.05) is 18.2 Å². The zero-order valence-corrected chi connectivity index (χ0v) is 11.8. The lowest BCUT2D eigenvalue weighted by molar-refractivity contribution is -0.142. The summed E-state index contributed by atoms with van der Waals surface area (Å²) in [4.78, 5) is 23.4. The molecule has 0 spiro atoms. The molecule has 1 fully saturated rings. The average Bonchev–Trinajstić information content (AvgIpc) is 3.28. The molecule has 108 valence electrons. The largest absolute Gasteiger partial charge is 0.480 e. The molecule has 0 aromatic heterocycles. The van der Waals surface area contributed by atoms with Gasteiger partial charge in [0.15, 0.2) is 0 Å². The first-order valence-corrected chi connectivity index (χ1v) is 7.86. The Bertz CT molecular complexity index is 513. The Morgan fingerprint density at radius 1 is 1.30 bits per heavy atom. The molecule has 1 aliphatic carbocycles. The predicted octanol–water partition coefficient (Wildman–Crippen LogP) is 1.16. The zero-order valence-electron chi connectivity index (χ0n) is 11.0. The molecular weight excluding hydrogens is 278 g/mol. The molecule has 0 saturated heterocycles. The molecule has 0 bridgehead atoms. The number of carbonyl (C=O) groups is 2. The predicted molar refractivity (Wildman–Crippen MR) is 74.6 cm³/mol. The van der Waals surface area contributed by atoms with Crippen LogP contribution in [-0.2, 0) is 20.4 Å². The molecule has 0 radical (unpaired) electrons. The number of amides is 1. The van der Waals surface area contributed by atoms with E-state index in [1.807, 2.05) is 6.07 Å². The van der Waals surface area contributed by atoms with Crippen LogP contribution in [-0.4, -0.2) is 33.0 Å². The molecular formula is C14H17NO4S. The van der Waals surface area contributed by atoms with E-state index in [2.05, 4.69) is 5.32 Å². The van der Waals surface area contributed by atoms with E-state index in [-0.39, 0.29) is 24.0 Å². The summed E-state index contributed by atoms with van der Waals surface area (Å²) >= 11 is 0. The molecule has 1 saturated carbocycles. The van der Waals surface area contributed by atoms with Gasteiger partial charge in [-0.15, -0.1) is 0 Å². The van der Waals surface area contributed by atoms with Crippen molar-refractivity contribution in [3.8, 4) is 0 Å². The number of carbonyl (C=O) groups excluding carboxylic acids is 1. The van der Waals surface area contributed by atoms with Gasteiger partial charge in [-0.3, -0.25) is 9.00 Å². The third kappa shape index (κ3) is 4.16. The Morgan fingerprint density at radius 3 is 2.50 bits per heavy atom. The van der Waals surface area contributed by atoms with E-state index in [9.17, 15) is 13.8 Å². The van der Waals surface area contributed by atoms with Crippen molar-refractivity contribution in [2.75, 3.05) is 5.75 Å². The molecule has 2 N–H and O–H groups in total. The minimum atomic E-state index is -1.25. The van der Waals surface area contributed by atoms with E-state index < -0.39 is 22.8 Å². The summed E-state index contributed by atoms with van der Waals surface area (Å²) in [5.41, 5.74) is 0. The van der Waals surface area contributed by atoms with E-state index >= 15 is 0 Å². The monoisotopic (exact) mass is 295 g/mol. The molecule has 5 nitrogen and oxygen atoms in total. The Morgan fingerprint density at radius 2 is 1.95 bits per heavy atom. The lowest BCUT2D eigenvalue weighted by atomic mass is 10.2. The van der Waals surface area contributed by atoms with Crippen LogP contribution in [0.5, 0.6) is 0 Å². The zero-order chi connectivity index (χ0) is 14.5. The van der Waals surface area contributed by atoms with Gasteiger partial charge in [0.2, 0.25) is 5.91 Å². The Labute approximate surface area is 119 Å². The average molecular weight is 295 g/mol. The van der Waals surface area contributed by atoms with Crippen LogP contribution in [0.15, 0.2) is 35.2 Å². The molecule has 1 aromatic carbocycles. The van der Waals surface area contributed by atoms with Crippen LogP contribution in [0.4, 0.5) is 0 Å². The first-order chi connectivity index (χ1) is 9.58. The molecule has 0 unspecified atom stereocenters. The first kappa shape index (κ1) is 14.7. The maximum absolute atomic E-state index is 12.0. The van der Waals surface area contributed by atoms with Crippen LogP contribution in [0.2, 0.25) is 0 Å². The lowest BCUT2D eigenvalue weighted by Crippen LogP contribution is -2.42. The van der Waals surface area contributed by atoms with Gasteiger partial charge in [0.1, 0.15) is 6.04 Å². The first-order valence-electron chi connectivity index (χ1n) is 6.54. The smallest absolute Gasteiger partial charge is 0.326 e. The van der Waals surface area contributed by atoms with E-state index in [1.54, 1.807) is 24.3 Å². The third-order valence-corrected chi connectivity index (χ3v) is 4.57. The molecule has 20 heavy (non-hydrogen) atoms. The number of carboxylic acids is 1. The molecule has 1 aromatic rings.